The summed E-state index contributed by atoms with van der Waals surface area (Å²) in [6.07, 6.45) is 3.00. The Balaban J connectivity index is 1.81. The van der Waals surface area contributed by atoms with Crippen LogP contribution in [0.3, 0.4) is 0 Å². The molecule has 2 aromatic rings. The fourth-order valence-electron chi connectivity index (χ4n) is 1.74. The van der Waals surface area contributed by atoms with Crippen LogP contribution in [0.15, 0.2) is 42.7 Å². The summed E-state index contributed by atoms with van der Waals surface area (Å²) in [5, 5.41) is 0. The Labute approximate surface area is 128 Å². The Bertz CT molecular complexity index is 672. The number of benzene rings is 1. The number of hydrazine groups is 1. The van der Waals surface area contributed by atoms with Gasteiger partial charge < -0.3 is 4.74 Å². The molecular formula is C16H17N3O3. The minimum Gasteiger partial charge on any atom is -0.483 e. The summed E-state index contributed by atoms with van der Waals surface area (Å²) in [5.74, 6) is -0.207. The summed E-state index contributed by atoms with van der Waals surface area (Å²) in [6.45, 7) is 3.67. The maximum absolute atomic E-state index is 11.7. The first-order chi connectivity index (χ1) is 10.6. The second kappa shape index (κ2) is 7.21. The van der Waals surface area contributed by atoms with Gasteiger partial charge in [-0.15, -0.1) is 0 Å². The normalized spacial score (nSPS) is 9.91. The highest BCUT2D eigenvalue weighted by Gasteiger charge is 2.08. The van der Waals surface area contributed by atoms with E-state index in [0.717, 1.165) is 11.1 Å². The lowest BCUT2D eigenvalue weighted by Gasteiger charge is -2.11. The van der Waals surface area contributed by atoms with Crippen LogP contribution in [0.1, 0.15) is 21.5 Å². The van der Waals surface area contributed by atoms with E-state index in [2.05, 4.69) is 15.8 Å². The lowest BCUT2D eigenvalue weighted by atomic mass is 10.1. The first-order valence-electron chi connectivity index (χ1n) is 6.75. The molecule has 1 aromatic carbocycles. The van der Waals surface area contributed by atoms with Crippen LogP contribution in [0, 0.1) is 13.8 Å². The topological polar surface area (TPSA) is 80.3 Å². The molecule has 1 heterocycles. The van der Waals surface area contributed by atoms with E-state index in [1.54, 1.807) is 12.1 Å². The zero-order valence-corrected chi connectivity index (χ0v) is 12.4. The fraction of sp³-hybridized carbons (Fsp3) is 0.188. The van der Waals surface area contributed by atoms with E-state index in [1.165, 1.54) is 12.4 Å². The van der Waals surface area contributed by atoms with E-state index in [4.69, 9.17) is 4.74 Å². The molecule has 0 aliphatic heterocycles. The van der Waals surface area contributed by atoms with Gasteiger partial charge in [-0.1, -0.05) is 12.1 Å². The summed E-state index contributed by atoms with van der Waals surface area (Å²) >= 11 is 0. The van der Waals surface area contributed by atoms with Gasteiger partial charge in [-0.05, 0) is 43.2 Å². The van der Waals surface area contributed by atoms with Crippen molar-refractivity contribution in [2.24, 2.45) is 0 Å². The summed E-state index contributed by atoms with van der Waals surface area (Å²) in [4.78, 5) is 27.2. The van der Waals surface area contributed by atoms with E-state index in [0.29, 0.717) is 11.3 Å². The molecule has 2 amide bonds. The van der Waals surface area contributed by atoms with Crippen molar-refractivity contribution < 1.29 is 14.3 Å². The third-order valence-electron chi connectivity index (χ3n) is 2.96. The average molecular weight is 299 g/mol. The number of carbonyl (C=O) groups is 2. The van der Waals surface area contributed by atoms with Crippen molar-refractivity contribution >= 4 is 11.8 Å². The Morgan fingerprint density at radius 2 is 1.82 bits per heavy atom. The molecular weight excluding hydrogens is 282 g/mol. The van der Waals surface area contributed by atoms with Crippen LogP contribution in [0.2, 0.25) is 0 Å². The molecule has 0 atom stereocenters. The maximum atomic E-state index is 11.7. The lowest BCUT2D eigenvalue weighted by molar-refractivity contribution is -0.123. The van der Waals surface area contributed by atoms with Gasteiger partial charge in [-0.3, -0.25) is 25.4 Å². The second-order valence-corrected chi connectivity index (χ2v) is 4.80. The summed E-state index contributed by atoms with van der Waals surface area (Å²) < 4.78 is 5.44. The SMILES string of the molecule is Cc1ccc(C)c(OCC(=O)NNC(=O)c2ccncc2)c1. The zero-order valence-electron chi connectivity index (χ0n) is 12.4. The van der Waals surface area contributed by atoms with Crippen LogP contribution in [0.4, 0.5) is 0 Å². The molecule has 1 aromatic heterocycles. The molecule has 0 spiro atoms. The minimum absolute atomic E-state index is 0.180. The zero-order chi connectivity index (χ0) is 15.9. The molecule has 0 saturated heterocycles. The first kappa shape index (κ1) is 15.5. The Kier molecular flexibility index (Phi) is 5.08. The fourth-order valence-corrected chi connectivity index (χ4v) is 1.74. The standard InChI is InChI=1S/C16H17N3O3/c1-11-3-4-12(2)14(9-11)22-10-15(20)18-19-16(21)13-5-7-17-8-6-13/h3-9H,10H2,1-2H3,(H,18,20)(H,19,21). The average Bonchev–Trinajstić information content (AvgIpc) is 2.54. The first-order valence-corrected chi connectivity index (χ1v) is 6.75. The smallest absolute Gasteiger partial charge is 0.276 e. The highest BCUT2D eigenvalue weighted by molar-refractivity contribution is 5.95. The van der Waals surface area contributed by atoms with Crippen LogP contribution in [-0.4, -0.2) is 23.4 Å². The molecule has 0 aliphatic carbocycles. The molecule has 114 valence electrons. The molecule has 0 fully saturated rings. The summed E-state index contributed by atoms with van der Waals surface area (Å²) in [6, 6.07) is 8.85. The number of aromatic nitrogens is 1. The van der Waals surface area contributed by atoms with Gasteiger partial charge in [0.15, 0.2) is 6.61 Å². The molecule has 2 rings (SSSR count). The van der Waals surface area contributed by atoms with Crippen molar-refractivity contribution in [2.45, 2.75) is 13.8 Å². The van der Waals surface area contributed by atoms with Crippen LogP contribution in [0.5, 0.6) is 5.75 Å². The molecule has 0 aliphatic rings. The van der Waals surface area contributed by atoms with E-state index in [9.17, 15) is 9.59 Å². The molecule has 2 N–H and O–H groups in total. The Hall–Kier alpha value is -2.89. The van der Waals surface area contributed by atoms with Gasteiger partial charge in [0.1, 0.15) is 5.75 Å². The molecule has 0 bridgehead atoms. The minimum atomic E-state index is -0.441. The third kappa shape index (κ3) is 4.31. The Morgan fingerprint density at radius 3 is 2.55 bits per heavy atom. The molecule has 6 heteroatoms. The van der Waals surface area contributed by atoms with E-state index in [1.807, 2.05) is 32.0 Å². The van der Waals surface area contributed by atoms with Crippen LogP contribution in [-0.2, 0) is 4.79 Å². The summed E-state index contributed by atoms with van der Waals surface area (Å²) in [5.41, 5.74) is 7.02. The van der Waals surface area contributed by atoms with Gasteiger partial charge >= 0.3 is 0 Å². The highest BCUT2D eigenvalue weighted by atomic mass is 16.5. The van der Waals surface area contributed by atoms with Crippen molar-refractivity contribution in [3.63, 3.8) is 0 Å². The van der Waals surface area contributed by atoms with Gasteiger partial charge in [0, 0.05) is 18.0 Å². The number of amides is 2. The molecule has 0 radical (unpaired) electrons. The number of nitrogens with zero attached hydrogens (tertiary/aromatic N) is 1. The molecule has 0 unspecified atom stereocenters. The van der Waals surface area contributed by atoms with Gasteiger partial charge in [0.25, 0.3) is 11.8 Å². The Morgan fingerprint density at radius 1 is 1.09 bits per heavy atom. The number of pyridine rings is 1. The number of hydrogen-bond donors (Lipinski definition) is 2. The second-order valence-electron chi connectivity index (χ2n) is 4.80. The summed E-state index contributed by atoms with van der Waals surface area (Å²) in [7, 11) is 0. The van der Waals surface area contributed by atoms with Crippen molar-refractivity contribution in [2.75, 3.05) is 6.61 Å². The quantitative estimate of drug-likeness (QED) is 0.839. The number of carbonyl (C=O) groups excluding carboxylic acids is 2. The van der Waals surface area contributed by atoms with Crippen molar-refractivity contribution in [1.29, 1.82) is 0 Å². The molecule has 6 nitrogen and oxygen atoms in total. The monoisotopic (exact) mass is 299 g/mol. The number of ether oxygens (including phenoxy) is 1. The largest absolute Gasteiger partial charge is 0.483 e. The van der Waals surface area contributed by atoms with E-state index in [-0.39, 0.29) is 6.61 Å². The number of nitrogens with one attached hydrogen (secondary N) is 2. The lowest BCUT2D eigenvalue weighted by Crippen LogP contribution is -2.43. The van der Waals surface area contributed by atoms with Gasteiger partial charge in [0.2, 0.25) is 0 Å². The van der Waals surface area contributed by atoms with Gasteiger partial charge in [-0.2, -0.15) is 0 Å². The van der Waals surface area contributed by atoms with Crippen LogP contribution in [0.25, 0.3) is 0 Å². The number of rotatable bonds is 4. The maximum Gasteiger partial charge on any atom is 0.276 e. The predicted octanol–water partition coefficient (Wildman–Crippen LogP) is 1.54. The van der Waals surface area contributed by atoms with Crippen molar-refractivity contribution in [3.05, 3.63) is 59.4 Å². The molecule has 22 heavy (non-hydrogen) atoms. The van der Waals surface area contributed by atoms with Crippen molar-refractivity contribution in [3.8, 4) is 5.75 Å². The third-order valence-corrected chi connectivity index (χ3v) is 2.96. The number of aryl methyl sites for hydroxylation is 2. The van der Waals surface area contributed by atoms with E-state index < -0.39 is 11.8 Å². The molecule has 0 saturated carbocycles. The van der Waals surface area contributed by atoms with Gasteiger partial charge in [0.05, 0.1) is 0 Å². The van der Waals surface area contributed by atoms with Gasteiger partial charge in [-0.25, -0.2) is 0 Å². The van der Waals surface area contributed by atoms with E-state index >= 15 is 0 Å². The van der Waals surface area contributed by atoms with Crippen molar-refractivity contribution in [1.82, 2.24) is 15.8 Å². The number of hydrogen-bond acceptors (Lipinski definition) is 4. The predicted molar refractivity (Wildman–Crippen MR) is 81.3 cm³/mol. The van der Waals surface area contributed by atoms with Crippen LogP contribution < -0.4 is 15.6 Å². The van der Waals surface area contributed by atoms with Crippen LogP contribution >= 0.6 is 0 Å². The highest BCUT2D eigenvalue weighted by Crippen LogP contribution is 2.18.